The van der Waals surface area contributed by atoms with E-state index in [1.54, 1.807) is 6.07 Å². The normalized spacial score (nSPS) is 10.8. The van der Waals surface area contributed by atoms with E-state index < -0.39 is 35.1 Å². The van der Waals surface area contributed by atoms with Crippen LogP contribution in [0.15, 0.2) is 23.1 Å². The van der Waals surface area contributed by atoms with E-state index in [9.17, 15) is 18.0 Å². The van der Waals surface area contributed by atoms with Crippen LogP contribution in [0.1, 0.15) is 13.3 Å². The van der Waals surface area contributed by atoms with Crippen molar-refractivity contribution >= 4 is 21.9 Å². The molecule has 0 atom stereocenters. The Balaban J connectivity index is 2.66. The Morgan fingerprint density at radius 1 is 1.16 bits per heavy atom. The molecule has 0 bridgehead atoms. The molecule has 0 saturated heterocycles. The molecule has 0 aromatic heterocycles. The van der Waals surface area contributed by atoms with Crippen molar-refractivity contribution in [1.82, 2.24) is 10.0 Å². The number of carbonyl (C=O) groups is 2. The molecule has 9 nitrogen and oxygen atoms in total. The fourth-order valence-corrected chi connectivity index (χ4v) is 2.89. The van der Waals surface area contributed by atoms with Crippen LogP contribution < -0.4 is 19.5 Å². The Morgan fingerprint density at radius 3 is 2.48 bits per heavy atom. The number of carbonyl (C=O) groups excluding carboxylic acids is 2. The molecular weight excluding hydrogens is 352 g/mol. The molecule has 1 amide bonds. The lowest BCUT2D eigenvalue weighted by atomic mass is 10.3. The number of nitrogens with one attached hydrogen (secondary N) is 2. The van der Waals surface area contributed by atoms with Crippen LogP contribution in [-0.4, -0.2) is 54.2 Å². The summed E-state index contributed by atoms with van der Waals surface area (Å²) in [5.41, 5.74) is 0. The Kier molecular flexibility index (Phi) is 8.16. The first-order valence-corrected chi connectivity index (χ1v) is 8.96. The highest BCUT2D eigenvalue weighted by Crippen LogP contribution is 2.27. The van der Waals surface area contributed by atoms with Gasteiger partial charge in [-0.25, -0.2) is 8.42 Å². The van der Waals surface area contributed by atoms with E-state index in [1.807, 2.05) is 6.92 Å². The fourth-order valence-electron chi connectivity index (χ4n) is 1.74. The Labute approximate surface area is 146 Å². The van der Waals surface area contributed by atoms with Crippen molar-refractivity contribution in [2.24, 2.45) is 0 Å². The Morgan fingerprint density at radius 2 is 1.88 bits per heavy atom. The van der Waals surface area contributed by atoms with Crippen LogP contribution in [0.5, 0.6) is 11.5 Å². The first-order valence-electron chi connectivity index (χ1n) is 7.48. The minimum absolute atomic E-state index is 0.0978. The summed E-state index contributed by atoms with van der Waals surface area (Å²) < 4.78 is 41.5. The lowest BCUT2D eigenvalue weighted by molar-refractivity contribution is -0.147. The highest BCUT2D eigenvalue weighted by Gasteiger charge is 2.22. The number of hydrogen-bond acceptors (Lipinski definition) is 7. The highest BCUT2D eigenvalue weighted by atomic mass is 32.2. The largest absolute Gasteiger partial charge is 0.497 e. The van der Waals surface area contributed by atoms with E-state index >= 15 is 0 Å². The summed E-state index contributed by atoms with van der Waals surface area (Å²) in [4.78, 5) is 22.7. The van der Waals surface area contributed by atoms with Crippen molar-refractivity contribution in [2.75, 3.05) is 33.9 Å². The van der Waals surface area contributed by atoms with Crippen LogP contribution in [0.4, 0.5) is 0 Å². The van der Waals surface area contributed by atoms with Crippen molar-refractivity contribution in [3.8, 4) is 11.5 Å². The molecule has 0 saturated carbocycles. The minimum Gasteiger partial charge on any atom is -0.497 e. The molecule has 140 valence electrons. The minimum atomic E-state index is -4.04. The number of ether oxygens (including phenoxy) is 3. The van der Waals surface area contributed by atoms with Gasteiger partial charge in [-0.2, -0.15) is 4.72 Å². The first-order chi connectivity index (χ1) is 11.8. The number of hydrogen-bond donors (Lipinski definition) is 2. The van der Waals surface area contributed by atoms with E-state index in [0.717, 1.165) is 6.42 Å². The Hall–Kier alpha value is -2.33. The second-order valence-electron chi connectivity index (χ2n) is 4.85. The van der Waals surface area contributed by atoms with Crippen LogP contribution >= 0.6 is 0 Å². The zero-order valence-corrected chi connectivity index (χ0v) is 15.1. The molecular formula is C15H22N2O7S. The van der Waals surface area contributed by atoms with Crippen molar-refractivity contribution in [3.63, 3.8) is 0 Å². The lowest BCUT2D eigenvalue weighted by Crippen LogP contribution is -2.34. The third-order valence-corrected chi connectivity index (χ3v) is 4.43. The smallest absolute Gasteiger partial charge is 0.321 e. The third-order valence-electron chi connectivity index (χ3n) is 3.00. The SMILES string of the molecule is CCCNC(=O)COC(=O)CNS(=O)(=O)c1cc(OC)ccc1OC. The fraction of sp³-hybridized carbons (Fsp3) is 0.467. The van der Waals surface area contributed by atoms with Gasteiger partial charge in [0.05, 0.1) is 14.2 Å². The predicted molar refractivity (Wildman–Crippen MR) is 89.0 cm³/mol. The quantitative estimate of drug-likeness (QED) is 0.555. The number of esters is 1. The summed E-state index contributed by atoms with van der Waals surface area (Å²) >= 11 is 0. The molecule has 1 rings (SSSR count). The van der Waals surface area contributed by atoms with Gasteiger partial charge in [-0.15, -0.1) is 0 Å². The monoisotopic (exact) mass is 374 g/mol. The van der Waals surface area contributed by atoms with Gasteiger partial charge in [-0.1, -0.05) is 6.92 Å². The second kappa shape index (κ2) is 9.84. The van der Waals surface area contributed by atoms with Gasteiger partial charge in [0.15, 0.2) is 6.61 Å². The van der Waals surface area contributed by atoms with Gasteiger partial charge in [0, 0.05) is 12.6 Å². The lowest BCUT2D eigenvalue weighted by Gasteiger charge is -2.12. The van der Waals surface area contributed by atoms with Gasteiger partial charge in [-0.05, 0) is 18.6 Å². The number of rotatable bonds is 10. The number of amides is 1. The molecule has 1 aromatic carbocycles. The maximum atomic E-state index is 12.3. The molecule has 0 unspecified atom stereocenters. The summed E-state index contributed by atoms with van der Waals surface area (Å²) in [6.07, 6.45) is 0.752. The molecule has 0 fully saturated rings. The predicted octanol–water partition coefficient (Wildman–Crippen LogP) is 0.0515. The molecule has 0 spiro atoms. The highest BCUT2D eigenvalue weighted by molar-refractivity contribution is 7.89. The summed E-state index contributed by atoms with van der Waals surface area (Å²) in [5.74, 6) is -0.915. The molecule has 0 heterocycles. The molecule has 2 N–H and O–H groups in total. The molecule has 0 radical (unpaired) electrons. The summed E-state index contributed by atoms with van der Waals surface area (Å²) in [5, 5.41) is 2.53. The number of methoxy groups -OCH3 is 2. The first kappa shape index (κ1) is 20.7. The van der Waals surface area contributed by atoms with Gasteiger partial charge in [-0.3, -0.25) is 9.59 Å². The zero-order chi connectivity index (χ0) is 18.9. The van der Waals surface area contributed by atoms with Gasteiger partial charge in [0.1, 0.15) is 22.9 Å². The van der Waals surface area contributed by atoms with Gasteiger partial charge in [0.2, 0.25) is 10.0 Å². The average molecular weight is 374 g/mol. The Bertz CT molecular complexity index is 704. The van der Waals surface area contributed by atoms with Gasteiger partial charge >= 0.3 is 5.97 Å². The third kappa shape index (κ3) is 6.59. The maximum Gasteiger partial charge on any atom is 0.321 e. The molecule has 10 heteroatoms. The van der Waals surface area contributed by atoms with Crippen LogP contribution in [0.3, 0.4) is 0 Å². The van der Waals surface area contributed by atoms with Crippen molar-refractivity contribution in [1.29, 1.82) is 0 Å². The molecule has 0 aliphatic heterocycles. The number of sulfonamides is 1. The molecule has 1 aromatic rings. The van der Waals surface area contributed by atoms with E-state index in [-0.39, 0.29) is 10.6 Å². The van der Waals surface area contributed by atoms with Crippen LogP contribution in [-0.2, 0) is 24.3 Å². The van der Waals surface area contributed by atoms with Crippen LogP contribution in [0.2, 0.25) is 0 Å². The summed E-state index contributed by atoms with van der Waals surface area (Å²) in [6, 6.07) is 4.25. The molecule has 25 heavy (non-hydrogen) atoms. The van der Waals surface area contributed by atoms with Gasteiger partial charge in [0.25, 0.3) is 5.91 Å². The van der Waals surface area contributed by atoms with Crippen molar-refractivity contribution in [3.05, 3.63) is 18.2 Å². The number of benzene rings is 1. The van der Waals surface area contributed by atoms with E-state index in [0.29, 0.717) is 12.3 Å². The summed E-state index contributed by atoms with van der Waals surface area (Å²) in [6.45, 7) is 1.26. The van der Waals surface area contributed by atoms with Crippen LogP contribution in [0.25, 0.3) is 0 Å². The van der Waals surface area contributed by atoms with Crippen molar-refractivity contribution in [2.45, 2.75) is 18.2 Å². The summed E-state index contributed by atoms with van der Waals surface area (Å²) in [7, 11) is -1.32. The molecule has 0 aliphatic rings. The van der Waals surface area contributed by atoms with E-state index in [4.69, 9.17) is 14.2 Å². The average Bonchev–Trinajstić information content (AvgIpc) is 2.62. The maximum absolute atomic E-state index is 12.3. The van der Waals surface area contributed by atoms with Crippen LogP contribution in [0, 0.1) is 0 Å². The standard InChI is InChI=1S/C15H22N2O7S/c1-4-7-16-14(18)10-24-15(19)9-17-25(20,21)13-8-11(22-2)5-6-12(13)23-3/h5-6,8,17H,4,7,9-10H2,1-3H3,(H,16,18). The van der Waals surface area contributed by atoms with E-state index in [2.05, 4.69) is 10.0 Å². The molecule has 0 aliphatic carbocycles. The van der Waals surface area contributed by atoms with Gasteiger partial charge < -0.3 is 19.5 Å². The van der Waals surface area contributed by atoms with E-state index in [1.165, 1.54) is 26.4 Å². The zero-order valence-electron chi connectivity index (χ0n) is 14.3. The topological polar surface area (TPSA) is 120 Å². The second-order valence-corrected chi connectivity index (χ2v) is 6.59. The van der Waals surface area contributed by atoms with Crippen molar-refractivity contribution < 1.29 is 32.2 Å².